The van der Waals surface area contributed by atoms with Crippen molar-refractivity contribution in [3.63, 3.8) is 0 Å². The fourth-order valence-electron chi connectivity index (χ4n) is 2.77. The average molecular weight is 421 g/mol. The lowest BCUT2D eigenvalue weighted by atomic mass is 9.98. The number of carbonyl (C=O) groups excluding carboxylic acids is 2. The molecule has 0 radical (unpaired) electrons. The molecular formula is C20H16FN7O3. The van der Waals surface area contributed by atoms with Gasteiger partial charge in [-0.3, -0.25) is 9.59 Å². The normalized spacial score (nSPS) is 17.4. The number of halogens is 1. The van der Waals surface area contributed by atoms with Gasteiger partial charge in [0.15, 0.2) is 23.2 Å². The zero-order chi connectivity index (χ0) is 21.8. The smallest absolute Gasteiger partial charge is 0.251 e. The van der Waals surface area contributed by atoms with Gasteiger partial charge in [-0.2, -0.15) is 4.98 Å². The summed E-state index contributed by atoms with van der Waals surface area (Å²) in [6, 6.07) is 1.62. The SMILES string of the molecule is CNC(=O)C=C1C=CCC(=Nc2ncc(F)c(Nc3cnc4c(c3)OCC=N4)n2)C1=O. The molecule has 0 aromatic carbocycles. The predicted molar refractivity (Wildman–Crippen MR) is 111 cm³/mol. The molecule has 156 valence electrons. The molecule has 1 aliphatic carbocycles. The highest BCUT2D eigenvalue weighted by Crippen LogP contribution is 2.31. The number of hydrogen-bond acceptors (Lipinski definition) is 9. The molecule has 2 aliphatic rings. The number of aromatic nitrogens is 3. The summed E-state index contributed by atoms with van der Waals surface area (Å²) in [6.07, 6.45) is 8.66. The van der Waals surface area contributed by atoms with E-state index in [4.69, 9.17) is 4.74 Å². The number of allylic oxidation sites excluding steroid dienone is 3. The van der Waals surface area contributed by atoms with E-state index in [0.717, 1.165) is 6.20 Å². The summed E-state index contributed by atoms with van der Waals surface area (Å²) in [4.78, 5) is 44.4. The van der Waals surface area contributed by atoms with Crippen LogP contribution in [0.1, 0.15) is 6.42 Å². The lowest BCUT2D eigenvalue weighted by Gasteiger charge is -2.13. The zero-order valence-corrected chi connectivity index (χ0v) is 16.3. The second kappa shape index (κ2) is 8.61. The van der Waals surface area contributed by atoms with Crippen LogP contribution in [-0.4, -0.2) is 52.2 Å². The third-order valence-corrected chi connectivity index (χ3v) is 4.25. The Balaban J connectivity index is 1.59. The second-order valence-electron chi connectivity index (χ2n) is 6.37. The summed E-state index contributed by atoms with van der Waals surface area (Å²) < 4.78 is 19.7. The number of fused-ring (bicyclic) bond motifs is 1. The molecule has 4 rings (SSSR count). The zero-order valence-electron chi connectivity index (χ0n) is 16.3. The summed E-state index contributed by atoms with van der Waals surface area (Å²) in [5.74, 6) is -0.911. The number of anilines is 2. The third-order valence-electron chi connectivity index (χ3n) is 4.25. The Morgan fingerprint density at radius 2 is 2.19 bits per heavy atom. The number of hydrogen-bond donors (Lipinski definition) is 2. The molecule has 0 saturated carbocycles. The van der Waals surface area contributed by atoms with E-state index in [2.05, 4.69) is 35.6 Å². The first-order chi connectivity index (χ1) is 15.0. The number of carbonyl (C=O) groups is 2. The first-order valence-electron chi connectivity index (χ1n) is 9.20. The Bertz CT molecular complexity index is 1190. The number of ether oxygens (including phenoxy) is 1. The van der Waals surface area contributed by atoms with E-state index < -0.39 is 17.5 Å². The molecule has 2 aromatic heterocycles. The lowest BCUT2D eigenvalue weighted by Crippen LogP contribution is -2.22. The number of amides is 1. The van der Waals surface area contributed by atoms with E-state index in [0.29, 0.717) is 23.9 Å². The van der Waals surface area contributed by atoms with Crippen molar-refractivity contribution in [3.8, 4) is 5.75 Å². The molecule has 0 saturated heterocycles. The van der Waals surface area contributed by atoms with Gasteiger partial charge in [-0.15, -0.1) is 0 Å². The van der Waals surface area contributed by atoms with Crippen LogP contribution < -0.4 is 15.4 Å². The molecule has 10 nitrogen and oxygen atoms in total. The molecule has 3 heterocycles. The molecule has 1 aliphatic heterocycles. The van der Waals surface area contributed by atoms with Gasteiger partial charge < -0.3 is 15.4 Å². The van der Waals surface area contributed by atoms with Crippen molar-refractivity contribution in [2.24, 2.45) is 9.98 Å². The molecule has 0 spiro atoms. The molecule has 0 fully saturated rings. The van der Waals surface area contributed by atoms with Gasteiger partial charge in [0, 0.05) is 37.4 Å². The van der Waals surface area contributed by atoms with Crippen LogP contribution in [0.3, 0.4) is 0 Å². The highest BCUT2D eigenvalue weighted by atomic mass is 19.1. The van der Waals surface area contributed by atoms with Gasteiger partial charge in [0.05, 0.1) is 23.8 Å². The van der Waals surface area contributed by atoms with E-state index in [1.165, 1.54) is 19.3 Å². The van der Waals surface area contributed by atoms with E-state index in [1.807, 2.05) is 0 Å². The number of rotatable bonds is 4. The summed E-state index contributed by atoms with van der Waals surface area (Å²) in [6.45, 7) is 0.320. The summed E-state index contributed by atoms with van der Waals surface area (Å²) >= 11 is 0. The number of nitrogens with zero attached hydrogens (tertiary/aromatic N) is 5. The third kappa shape index (κ3) is 4.50. The van der Waals surface area contributed by atoms with E-state index in [9.17, 15) is 14.0 Å². The fourth-order valence-corrected chi connectivity index (χ4v) is 2.77. The number of pyridine rings is 1. The van der Waals surface area contributed by atoms with Crippen molar-refractivity contribution in [3.05, 3.63) is 48.1 Å². The Kier molecular flexibility index (Phi) is 5.56. The molecule has 11 heteroatoms. The van der Waals surface area contributed by atoms with Gasteiger partial charge in [-0.05, 0) is 0 Å². The van der Waals surface area contributed by atoms with E-state index in [1.54, 1.807) is 24.4 Å². The minimum atomic E-state index is -0.712. The van der Waals surface area contributed by atoms with Crippen LogP contribution in [0.4, 0.5) is 27.7 Å². The summed E-state index contributed by atoms with van der Waals surface area (Å²) in [7, 11) is 1.46. The maximum atomic E-state index is 14.3. The van der Waals surface area contributed by atoms with E-state index >= 15 is 0 Å². The molecule has 31 heavy (non-hydrogen) atoms. The van der Waals surface area contributed by atoms with Crippen molar-refractivity contribution in [1.82, 2.24) is 20.3 Å². The van der Waals surface area contributed by atoms with E-state index in [-0.39, 0.29) is 29.5 Å². The van der Waals surface area contributed by atoms with Gasteiger partial charge in [0.25, 0.3) is 5.95 Å². The number of aliphatic imine (C=N–C) groups is 2. The van der Waals surface area contributed by atoms with Crippen LogP contribution in [-0.2, 0) is 9.59 Å². The first-order valence-corrected chi connectivity index (χ1v) is 9.20. The predicted octanol–water partition coefficient (Wildman–Crippen LogP) is 2.12. The van der Waals surface area contributed by atoms with Gasteiger partial charge in [-0.25, -0.2) is 24.3 Å². The number of ketones is 1. The van der Waals surface area contributed by atoms with Crippen LogP contribution in [0.25, 0.3) is 0 Å². The van der Waals surface area contributed by atoms with Crippen LogP contribution >= 0.6 is 0 Å². The van der Waals surface area contributed by atoms with Gasteiger partial charge >= 0.3 is 0 Å². The minimum Gasteiger partial charge on any atom is -0.484 e. The minimum absolute atomic E-state index is 0.103. The number of likely N-dealkylation sites (N-methyl/N-ethyl adjacent to an activating group) is 1. The van der Waals surface area contributed by atoms with Crippen LogP contribution in [0.2, 0.25) is 0 Å². The van der Waals surface area contributed by atoms with Crippen molar-refractivity contribution in [2.75, 3.05) is 19.0 Å². The molecule has 2 N–H and O–H groups in total. The topological polar surface area (TPSA) is 131 Å². The highest BCUT2D eigenvalue weighted by molar-refractivity contribution is 6.48. The Labute approximate surface area is 175 Å². The van der Waals surface area contributed by atoms with Gasteiger partial charge in [0.2, 0.25) is 11.7 Å². The van der Waals surface area contributed by atoms with Crippen LogP contribution in [0, 0.1) is 5.82 Å². The molecular weight excluding hydrogens is 405 g/mol. The maximum absolute atomic E-state index is 14.3. The Morgan fingerprint density at radius 1 is 1.32 bits per heavy atom. The molecule has 2 aromatic rings. The molecule has 0 atom stereocenters. The van der Waals surface area contributed by atoms with Crippen molar-refractivity contribution in [2.45, 2.75) is 6.42 Å². The molecule has 0 unspecified atom stereocenters. The molecule has 1 amide bonds. The lowest BCUT2D eigenvalue weighted by molar-refractivity contribution is -0.116. The van der Waals surface area contributed by atoms with Crippen LogP contribution in [0.5, 0.6) is 5.75 Å². The van der Waals surface area contributed by atoms with Crippen molar-refractivity contribution in [1.29, 1.82) is 0 Å². The summed E-state index contributed by atoms with van der Waals surface area (Å²) in [5.41, 5.74) is 0.754. The monoisotopic (exact) mass is 421 g/mol. The van der Waals surface area contributed by atoms with Crippen LogP contribution in [0.15, 0.2) is 52.2 Å². The Morgan fingerprint density at radius 3 is 3.03 bits per heavy atom. The standard InChI is InChI=1S/C20H16FN7O3/c1-22-16(29)7-11-3-2-4-14(17(11)30)27-20-25-10-13(21)18(28-20)26-12-8-15-19(24-9-12)23-5-6-31-15/h2-3,5,7-10H,4,6H2,1H3,(H,22,29)(H,25,26,28). The average Bonchev–Trinajstić information content (AvgIpc) is 2.78. The Hall–Kier alpha value is -4.28. The number of nitrogens with one attached hydrogen (secondary N) is 2. The second-order valence-corrected chi connectivity index (χ2v) is 6.37. The van der Waals surface area contributed by atoms with Gasteiger partial charge in [0.1, 0.15) is 6.61 Å². The van der Waals surface area contributed by atoms with Crippen molar-refractivity contribution < 1.29 is 18.7 Å². The maximum Gasteiger partial charge on any atom is 0.251 e. The fraction of sp³-hybridized carbons (Fsp3) is 0.150. The summed E-state index contributed by atoms with van der Waals surface area (Å²) in [5, 5.41) is 5.22. The first kappa shape index (κ1) is 20.0. The van der Waals surface area contributed by atoms with Gasteiger partial charge in [-0.1, -0.05) is 12.2 Å². The largest absolute Gasteiger partial charge is 0.484 e. The highest BCUT2D eigenvalue weighted by Gasteiger charge is 2.20. The molecule has 0 bridgehead atoms. The number of Topliss-reactive ketones (excluding diaryl/α,β-unsaturated/α-hetero) is 1. The van der Waals surface area contributed by atoms with Crippen molar-refractivity contribution >= 4 is 46.9 Å². The quantitative estimate of drug-likeness (QED) is 0.723.